The van der Waals surface area contributed by atoms with Crippen LogP contribution in [0.1, 0.15) is 26.7 Å². The SMILES string of the molecule is CC(O)CCN1CCCNC(=O)C1C. The van der Waals surface area contributed by atoms with Crippen LogP contribution in [0.15, 0.2) is 0 Å². The van der Waals surface area contributed by atoms with Crippen molar-refractivity contribution in [3.05, 3.63) is 0 Å². The van der Waals surface area contributed by atoms with Crippen LogP contribution in [0.5, 0.6) is 0 Å². The maximum atomic E-state index is 11.5. The van der Waals surface area contributed by atoms with Crippen molar-refractivity contribution in [2.75, 3.05) is 19.6 Å². The van der Waals surface area contributed by atoms with Crippen LogP contribution in [0.3, 0.4) is 0 Å². The Bertz CT molecular complexity index is 195. The second-order valence-electron chi connectivity index (χ2n) is 3.99. The van der Waals surface area contributed by atoms with Crippen LogP contribution in [0, 0.1) is 0 Å². The summed E-state index contributed by atoms with van der Waals surface area (Å²) in [5.41, 5.74) is 0. The van der Waals surface area contributed by atoms with Crippen molar-refractivity contribution in [3.8, 4) is 0 Å². The van der Waals surface area contributed by atoms with Crippen molar-refractivity contribution in [2.45, 2.75) is 38.8 Å². The van der Waals surface area contributed by atoms with Crippen LogP contribution in [-0.2, 0) is 4.79 Å². The molecular formula is C10H20N2O2. The van der Waals surface area contributed by atoms with Gasteiger partial charge in [0.1, 0.15) is 0 Å². The molecule has 1 heterocycles. The minimum atomic E-state index is -0.284. The number of aliphatic hydroxyl groups is 1. The molecule has 1 aliphatic heterocycles. The van der Waals surface area contributed by atoms with E-state index < -0.39 is 0 Å². The van der Waals surface area contributed by atoms with Gasteiger partial charge in [0, 0.05) is 19.6 Å². The fourth-order valence-electron chi connectivity index (χ4n) is 1.66. The number of hydrogen-bond acceptors (Lipinski definition) is 3. The summed E-state index contributed by atoms with van der Waals surface area (Å²) in [5.74, 6) is 0.105. The van der Waals surface area contributed by atoms with Crippen LogP contribution in [0.25, 0.3) is 0 Å². The summed E-state index contributed by atoms with van der Waals surface area (Å²) in [4.78, 5) is 13.6. The molecule has 0 saturated carbocycles. The molecule has 1 amide bonds. The normalized spacial score (nSPS) is 26.8. The number of carbonyl (C=O) groups is 1. The quantitative estimate of drug-likeness (QED) is 0.672. The van der Waals surface area contributed by atoms with Crippen molar-refractivity contribution < 1.29 is 9.90 Å². The molecule has 1 saturated heterocycles. The van der Waals surface area contributed by atoms with Gasteiger partial charge in [-0.2, -0.15) is 0 Å². The Morgan fingerprint density at radius 3 is 3.07 bits per heavy atom. The molecule has 2 N–H and O–H groups in total. The summed E-state index contributed by atoms with van der Waals surface area (Å²) in [6, 6.07) is -0.0590. The highest BCUT2D eigenvalue weighted by Crippen LogP contribution is 2.06. The molecule has 0 radical (unpaired) electrons. The van der Waals surface area contributed by atoms with Crippen molar-refractivity contribution in [1.82, 2.24) is 10.2 Å². The van der Waals surface area contributed by atoms with E-state index in [-0.39, 0.29) is 18.1 Å². The van der Waals surface area contributed by atoms with Gasteiger partial charge in [-0.3, -0.25) is 9.69 Å². The maximum absolute atomic E-state index is 11.5. The molecule has 0 bridgehead atoms. The first-order chi connectivity index (χ1) is 6.61. The second kappa shape index (κ2) is 5.32. The Labute approximate surface area is 85.3 Å². The van der Waals surface area contributed by atoms with Crippen LogP contribution < -0.4 is 5.32 Å². The van der Waals surface area contributed by atoms with E-state index in [0.29, 0.717) is 0 Å². The molecule has 1 aliphatic rings. The van der Waals surface area contributed by atoms with Gasteiger partial charge in [0.2, 0.25) is 5.91 Å². The van der Waals surface area contributed by atoms with Gasteiger partial charge in [-0.15, -0.1) is 0 Å². The van der Waals surface area contributed by atoms with Gasteiger partial charge in [-0.1, -0.05) is 0 Å². The van der Waals surface area contributed by atoms with Gasteiger partial charge >= 0.3 is 0 Å². The van der Waals surface area contributed by atoms with E-state index in [1.165, 1.54) is 0 Å². The molecule has 0 aromatic heterocycles. The first kappa shape index (κ1) is 11.5. The van der Waals surface area contributed by atoms with E-state index in [0.717, 1.165) is 32.5 Å². The van der Waals surface area contributed by atoms with E-state index >= 15 is 0 Å². The van der Waals surface area contributed by atoms with Gasteiger partial charge in [0.15, 0.2) is 0 Å². The molecular weight excluding hydrogens is 180 g/mol. The average molecular weight is 200 g/mol. The summed E-state index contributed by atoms with van der Waals surface area (Å²) in [5, 5.41) is 12.0. The summed E-state index contributed by atoms with van der Waals surface area (Å²) in [6.07, 6.45) is 1.45. The first-order valence-corrected chi connectivity index (χ1v) is 5.31. The topological polar surface area (TPSA) is 52.6 Å². The van der Waals surface area contributed by atoms with Gasteiger partial charge in [0.05, 0.1) is 12.1 Å². The number of hydrogen-bond donors (Lipinski definition) is 2. The number of amides is 1. The van der Waals surface area contributed by atoms with E-state index in [4.69, 9.17) is 0 Å². The standard InChI is InChI=1S/C10H20N2O2/c1-8(13)4-7-12-6-3-5-11-10(14)9(12)2/h8-9,13H,3-7H2,1-2H3,(H,11,14). The predicted octanol–water partition coefficient (Wildman–Crippen LogP) is -0.0323. The van der Waals surface area contributed by atoms with Crippen LogP contribution in [0.4, 0.5) is 0 Å². The second-order valence-corrected chi connectivity index (χ2v) is 3.99. The zero-order chi connectivity index (χ0) is 10.6. The number of aliphatic hydroxyl groups excluding tert-OH is 1. The van der Waals surface area contributed by atoms with Crippen molar-refractivity contribution in [3.63, 3.8) is 0 Å². The van der Waals surface area contributed by atoms with Crippen molar-refractivity contribution in [1.29, 1.82) is 0 Å². The highest BCUT2D eigenvalue weighted by Gasteiger charge is 2.23. The van der Waals surface area contributed by atoms with E-state index in [9.17, 15) is 9.90 Å². The molecule has 82 valence electrons. The zero-order valence-corrected chi connectivity index (χ0v) is 8.99. The van der Waals surface area contributed by atoms with Gasteiger partial charge in [-0.25, -0.2) is 0 Å². The lowest BCUT2D eigenvalue weighted by Crippen LogP contribution is -2.42. The highest BCUT2D eigenvalue weighted by atomic mass is 16.3. The third-order valence-electron chi connectivity index (χ3n) is 2.68. The van der Waals surface area contributed by atoms with Gasteiger partial charge in [-0.05, 0) is 26.7 Å². The molecule has 4 nitrogen and oxygen atoms in total. The molecule has 2 unspecified atom stereocenters. The lowest BCUT2D eigenvalue weighted by Gasteiger charge is -2.25. The fraction of sp³-hybridized carbons (Fsp3) is 0.900. The number of rotatable bonds is 3. The van der Waals surface area contributed by atoms with Crippen LogP contribution in [-0.4, -0.2) is 47.7 Å². The van der Waals surface area contributed by atoms with Crippen molar-refractivity contribution >= 4 is 5.91 Å². The Balaban J connectivity index is 2.43. The maximum Gasteiger partial charge on any atom is 0.237 e. The van der Waals surface area contributed by atoms with E-state index in [1.54, 1.807) is 6.92 Å². The molecule has 1 rings (SSSR count). The Morgan fingerprint density at radius 2 is 2.43 bits per heavy atom. The minimum absolute atomic E-state index is 0.0590. The monoisotopic (exact) mass is 200 g/mol. The third kappa shape index (κ3) is 3.27. The number of carbonyl (C=O) groups excluding carboxylic acids is 1. The summed E-state index contributed by atoms with van der Waals surface area (Å²) in [7, 11) is 0. The zero-order valence-electron chi connectivity index (χ0n) is 8.99. The summed E-state index contributed by atoms with van der Waals surface area (Å²) >= 11 is 0. The largest absolute Gasteiger partial charge is 0.393 e. The molecule has 0 aromatic rings. The Hall–Kier alpha value is -0.610. The molecule has 2 atom stereocenters. The lowest BCUT2D eigenvalue weighted by atomic mass is 10.2. The molecule has 0 aliphatic carbocycles. The fourth-order valence-corrected chi connectivity index (χ4v) is 1.66. The summed E-state index contributed by atoms with van der Waals surface area (Å²) < 4.78 is 0. The number of nitrogens with one attached hydrogen (secondary N) is 1. The van der Waals surface area contributed by atoms with Crippen molar-refractivity contribution in [2.24, 2.45) is 0 Å². The molecule has 0 spiro atoms. The van der Waals surface area contributed by atoms with Gasteiger partial charge in [0.25, 0.3) is 0 Å². The smallest absolute Gasteiger partial charge is 0.237 e. The average Bonchev–Trinajstić information content (AvgIpc) is 2.28. The van der Waals surface area contributed by atoms with Crippen LogP contribution >= 0.6 is 0 Å². The third-order valence-corrected chi connectivity index (χ3v) is 2.68. The van der Waals surface area contributed by atoms with E-state index in [1.807, 2.05) is 6.92 Å². The molecule has 4 heteroatoms. The summed E-state index contributed by atoms with van der Waals surface area (Å²) in [6.45, 7) is 6.21. The van der Waals surface area contributed by atoms with Crippen LogP contribution in [0.2, 0.25) is 0 Å². The molecule has 1 fully saturated rings. The Morgan fingerprint density at radius 1 is 1.71 bits per heavy atom. The van der Waals surface area contributed by atoms with Gasteiger partial charge < -0.3 is 10.4 Å². The first-order valence-electron chi connectivity index (χ1n) is 5.31. The van der Waals surface area contributed by atoms with E-state index in [2.05, 4.69) is 10.2 Å². The lowest BCUT2D eigenvalue weighted by molar-refractivity contribution is -0.125. The molecule has 14 heavy (non-hydrogen) atoms. The molecule has 0 aromatic carbocycles. The number of nitrogens with zero attached hydrogens (tertiary/aromatic N) is 1. The minimum Gasteiger partial charge on any atom is -0.393 e. The Kier molecular flexibility index (Phi) is 4.35. The predicted molar refractivity (Wildman–Crippen MR) is 55.0 cm³/mol. The highest BCUT2D eigenvalue weighted by molar-refractivity contribution is 5.81.